The summed E-state index contributed by atoms with van der Waals surface area (Å²) in [5.41, 5.74) is 3.66. The van der Waals surface area contributed by atoms with Crippen molar-refractivity contribution in [2.75, 3.05) is 6.61 Å². The smallest absolute Gasteiger partial charge is 0.408 e. The SMILES string of the molecule is CC[C@H](C)[C@H](NC(=O)OC(C)(C)C)C(=O)N/N=C\C1=Cc2ccccc2OC1. The largest absolute Gasteiger partial charge is 0.488 e. The summed E-state index contributed by atoms with van der Waals surface area (Å²) in [6, 6.07) is 6.96. The first-order valence-electron chi connectivity index (χ1n) is 9.44. The number of hydrazone groups is 1. The van der Waals surface area contributed by atoms with E-state index in [0.717, 1.165) is 16.9 Å². The van der Waals surface area contributed by atoms with Gasteiger partial charge in [0.1, 0.15) is 24.0 Å². The summed E-state index contributed by atoms with van der Waals surface area (Å²) in [7, 11) is 0. The third-order valence-corrected chi connectivity index (χ3v) is 4.23. The topological polar surface area (TPSA) is 89.0 Å². The third-order valence-electron chi connectivity index (χ3n) is 4.23. The number of nitrogens with one attached hydrogen (secondary N) is 2. The van der Waals surface area contributed by atoms with Crippen molar-refractivity contribution in [3.05, 3.63) is 35.4 Å². The first-order chi connectivity index (χ1) is 13.2. The molecule has 0 spiro atoms. The number of rotatable bonds is 6. The Bertz CT molecular complexity index is 765. The number of para-hydroxylation sites is 1. The second-order valence-corrected chi connectivity index (χ2v) is 7.79. The summed E-state index contributed by atoms with van der Waals surface area (Å²) in [5, 5.41) is 6.66. The fourth-order valence-electron chi connectivity index (χ4n) is 2.59. The van der Waals surface area contributed by atoms with Gasteiger partial charge in [0.05, 0.1) is 6.21 Å². The lowest BCUT2D eigenvalue weighted by atomic mass is 9.99. The van der Waals surface area contributed by atoms with Crippen molar-refractivity contribution in [3.63, 3.8) is 0 Å². The van der Waals surface area contributed by atoms with Crippen LogP contribution in [0.15, 0.2) is 34.9 Å². The fourth-order valence-corrected chi connectivity index (χ4v) is 2.59. The molecule has 2 rings (SSSR count). The van der Waals surface area contributed by atoms with E-state index in [-0.39, 0.29) is 5.92 Å². The molecule has 0 radical (unpaired) electrons. The predicted octanol–water partition coefficient (Wildman–Crippen LogP) is 3.50. The molecule has 0 bridgehead atoms. The Morgan fingerprint density at radius 3 is 2.71 bits per heavy atom. The Balaban J connectivity index is 1.98. The Morgan fingerprint density at radius 1 is 1.32 bits per heavy atom. The monoisotopic (exact) mass is 387 g/mol. The molecule has 0 saturated carbocycles. The average Bonchev–Trinajstić information content (AvgIpc) is 2.64. The van der Waals surface area contributed by atoms with Gasteiger partial charge in [0, 0.05) is 11.1 Å². The molecule has 1 aliphatic rings. The molecule has 0 fully saturated rings. The van der Waals surface area contributed by atoms with E-state index in [1.807, 2.05) is 44.2 Å². The van der Waals surface area contributed by atoms with Crippen LogP contribution in [0.2, 0.25) is 0 Å². The van der Waals surface area contributed by atoms with Gasteiger partial charge in [0.2, 0.25) is 0 Å². The lowest BCUT2D eigenvalue weighted by Crippen LogP contribution is -2.50. The first-order valence-corrected chi connectivity index (χ1v) is 9.44. The van der Waals surface area contributed by atoms with Gasteiger partial charge in [-0.1, -0.05) is 38.5 Å². The molecule has 2 atom stereocenters. The zero-order valence-electron chi connectivity index (χ0n) is 17.1. The molecule has 28 heavy (non-hydrogen) atoms. The van der Waals surface area contributed by atoms with E-state index in [2.05, 4.69) is 15.8 Å². The van der Waals surface area contributed by atoms with E-state index in [4.69, 9.17) is 9.47 Å². The van der Waals surface area contributed by atoms with Crippen LogP contribution in [0, 0.1) is 5.92 Å². The highest BCUT2D eigenvalue weighted by atomic mass is 16.6. The summed E-state index contributed by atoms with van der Waals surface area (Å²) < 4.78 is 10.9. The number of hydrogen-bond acceptors (Lipinski definition) is 5. The van der Waals surface area contributed by atoms with E-state index >= 15 is 0 Å². The maximum absolute atomic E-state index is 12.5. The van der Waals surface area contributed by atoms with E-state index in [0.29, 0.717) is 13.0 Å². The van der Waals surface area contributed by atoms with Gasteiger partial charge in [-0.15, -0.1) is 0 Å². The molecule has 0 saturated heterocycles. The van der Waals surface area contributed by atoms with E-state index in [9.17, 15) is 9.59 Å². The van der Waals surface area contributed by atoms with Crippen LogP contribution in [-0.2, 0) is 9.53 Å². The van der Waals surface area contributed by atoms with Crippen LogP contribution in [0.4, 0.5) is 4.79 Å². The highest BCUT2D eigenvalue weighted by Crippen LogP contribution is 2.24. The van der Waals surface area contributed by atoms with Crippen LogP contribution in [0.1, 0.15) is 46.6 Å². The zero-order chi connectivity index (χ0) is 20.7. The highest BCUT2D eigenvalue weighted by Gasteiger charge is 2.28. The van der Waals surface area contributed by atoms with Gasteiger partial charge in [-0.05, 0) is 38.8 Å². The molecule has 7 heteroatoms. The minimum absolute atomic E-state index is 0.0770. The van der Waals surface area contributed by atoms with Gasteiger partial charge in [0.25, 0.3) is 5.91 Å². The number of fused-ring (bicyclic) bond motifs is 1. The standard InChI is InChI=1S/C21H29N3O4/c1-6-14(2)18(23-20(26)28-21(3,4)5)19(25)24-22-12-15-11-16-9-7-8-10-17(16)27-13-15/h7-12,14,18H,6,13H2,1-5H3,(H,23,26)(H,24,25)/b22-12-/t14-,18-/m0/s1. The van der Waals surface area contributed by atoms with Crippen LogP contribution >= 0.6 is 0 Å². The number of amides is 2. The predicted molar refractivity (Wildman–Crippen MR) is 109 cm³/mol. The van der Waals surface area contributed by atoms with Crippen LogP contribution in [0.5, 0.6) is 5.75 Å². The molecule has 0 unspecified atom stereocenters. The molecule has 0 aromatic heterocycles. The molecule has 0 aliphatic carbocycles. The van der Waals surface area contributed by atoms with Crippen molar-refractivity contribution in [3.8, 4) is 5.75 Å². The van der Waals surface area contributed by atoms with Crippen molar-refractivity contribution in [2.45, 2.75) is 52.7 Å². The van der Waals surface area contributed by atoms with Gasteiger partial charge in [-0.2, -0.15) is 5.10 Å². The van der Waals surface area contributed by atoms with Gasteiger partial charge in [-0.25, -0.2) is 10.2 Å². The first kappa shape index (κ1) is 21.5. The van der Waals surface area contributed by atoms with Gasteiger partial charge in [-0.3, -0.25) is 4.79 Å². The summed E-state index contributed by atoms with van der Waals surface area (Å²) in [4.78, 5) is 24.6. The Labute approximate surface area is 166 Å². The van der Waals surface area contributed by atoms with E-state index < -0.39 is 23.6 Å². The van der Waals surface area contributed by atoms with Crippen LogP contribution in [0.25, 0.3) is 6.08 Å². The minimum Gasteiger partial charge on any atom is -0.488 e. The van der Waals surface area contributed by atoms with Crippen molar-refractivity contribution < 1.29 is 19.1 Å². The number of nitrogens with zero attached hydrogens (tertiary/aromatic N) is 1. The highest BCUT2D eigenvalue weighted by molar-refractivity contribution is 5.90. The zero-order valence-corrected chi connectivity index (χ0v) is 17.1. The molecule has 2 N–H and O–H groups in total. The maximum Gasteiger partial charge on any atom is 0.408 e. The number of benzene rings is 1. The van der Waals surface area contributed by atoms with Crippen molar-refractivity contribution in [1.29, 1.82) is 0 Å². The maximum atomic E-state index is 12.5. The molecular weight excluding hydrogens is 358 g/mol. The summed E-state index contributed by atoms with van der Waals surface area (Å²) >= 11 is 0. The minimum atomic E-state index is -0.741. The summed E-state index contributed by atoms with van der Waals surface area (Å²) in [5.74, 6) is 0.350. The fraction of sp³-hybridized carbons (Fsp3) is 0.476. The van der Waals surface area contributed by atoms with E-state index in [1.165, 1.54) is 0 Å². The number of carbonyl (C=O) groups excluding carboxylic acids is 2. The lowest BCUT2D eigenvalue weighted by Gasteiger charge is -2.25. The van der Waals surface area contributed by atoms with Crippen LogP contribution < -0.4 is 15.5 Å². The molecule has 1 aliphatic heterocycles. The van der Waals surface area contributed by atoms with Crippen LogP contribution in [0.3, 0.4) is 0 Å². The van der Waals surface area contributed by atoms with Gasteiger partial charge in [0.15, 0.2) is 0 Å². The van der Waals surface area contributed by atoms with E-state index in [1.54, 1.807) is 27.0 Å². The second-order valence-electron chi connectivity index (χ2n) is 7.79. The quantitative estimate of drug-likeness (QED) is 0.577. The molecule has 1 aromatic carbocycles. The number of alkyl carbamates (subject to hydrolysis) is 1. The average molecular weight is 387 g/mol. The van der Waals surface area contributed by atoms with Gasteiger partial charge < -0.3 is 14.8 Å². The Kier molecular flexibility index (Phi) is 7.20. The molecule has 152 valence electrons. The van der Waals surface area contributed by atoms with Crippen molar-refractivity contribution in [2.24, 2.45) is 11.0 Å². The number of hydrogen-bond donors (Lipinski definition) is 2. The lowest BCUT2D eigenvalue weighted by molar-refractivity contribution is -0.124. The third kappa shape index (κ3) is 6.40. The molecular formula is C21H29N3O4. The Morgan fingerprint density at radius 2 is 2.04 bits per heavy atom. The molecule has 2 amide bonds. The summed E-state index contributed by atoms with van der Waals surface area (Å²) in [6.07, 6.45) is 3.60. The summed E-state index contributed by atoms with van der Waals surface area (Å²) in [6.45, 7) is 9.53. The normalized spacial score (nSPS) is 15.7. The van der Waals surface area contributed by atoms with Gasteiger partial charge >= 0.3 is 6.09 Å². The number of carbonyl (C=O) groups is 2. The molecule has 7 nitrogen and oxygen atoms in total. The Hall–Kier alpha value is -2.83. The number of ether oxygens (including phenoxy) is 2. The molecule has 1 heterocycles. The molecule has 1 aromatic rings. The second kappa shape index (κ2) is 9.39. The van der Waals surface area contributed by atoms with Crippen molar-refractivity contribution >= 4 is 24.3 Å². The van der Waals surface area contributed by atoms with Crippen LogP contribution in [-0.4, -0.2) is 36.5 Å². The van der Waals surface area contributed by atoms with Crippen molar-refractivity contribution in [1.82, 2.24) is 10.7 Å².